The van der Waals surface area contributed by atoms with Crippen LogP contribution in [0.25, 0.3) is 21.5 Å². The first kappa shape index (κ1) is 14.6. The molecule has 108 valence electrons. The van der Waals surface area contributed by atoms with Crippen LogP contribution >= 0.6 is 0 Å². The molecule has 0 spiro atoms. The van der Waals surface area contributed by atoms with Crippen molar-refractivity contribution in [1.82, 2.24) is 0 Å². The Labute approximate surface area is 134 Å². The Kier molecular flexibility index (Phi) is 3.25. The fraction of sp³-hybridized carbons (Fsp3) is 0.150. The maximum atomic E-state index is 9.54. The molecule has 23 heavy (non-hydrogen) atoms. The molecule has 0 aliphatic rings. The molecule has 0 bridgehead atoms. The van der Waals surface area contributed by atoms with Crippen molar-refractivity contribution in [3.63, 3.8) is 0 Å². The standard InChI is InChI=1S/C20H13N3/c1-11-4-5-14-6-7-15-17(9-22)18(10-23)16(8-21)13(3)20(15)19(14)12(11)2/h4-7H,1-3H3. The van der Waals surface area contributed by atoms with E-state index in [9.17, 15) is 15.8 Å². The second kappa shape index (κ2) is 5.13. The van der Waals surface area contributed by atoms with Crippen molar-refractivity contribution in [2.45, 2.75) is 20.8 Å². The number of nitrogens with zero attached hydrogens (tertiary/aromatic N) is 3. The smallest absolute Gasteiger partial charge is 0.102 e. The first-order valence-electron chi connectivity index (χ1n) is 7.24. The van der Waals surface area contributed by atoms with Crippen LogP contribution in [-0.2, 0) is 0 Å². The van der Waals surface area contributed by atoms with E-state index in [4.69, 9.17) is 0 Å². The van der Waals surface area contributed by atoms with Crippen molar-refractivity contribution in [2.75, 3.05) is 0 Å². The summed E-state index contributed by atoms with van der Waals surface area (Å²) in [5, 5.41) is 32.2. The molecule has 0 saturated heterocycles. The summed E-state index contributed by atoms with van der Waals surface area (Å²) >= 11 is 0. The molecule has 0 heterocycles. The number of hydrogen-bond acceptors (Lipinski definition) is 3. The van der Waals surface area contributed by atoms with Gasteiger partial charge in [0.15, 0.2) is 0 Å². The van der Waals surface area contributed by atoms with Crippen molar-refractivity contribution in [3.8, 4) is 18.2 Å². The van der Waals surface area contributed by atoms with Crippen LogP contribution in [0.2, 0.25) is 0 Å². The SMILES string of the molecule is Cc1ccc2ccc3c(C#N)c(C#N)c(C#N)c(C)c3c2c1C. The maximum absolute atomic E-state index is 9.54. The van der Waals surface area contributed by atoms with Gasteiger partial charge in [0.2, 0.25) is 0 Å². The van der Waals surface area contributed by atoms with E-state index in [1.165, 1.54) is 0 Å². The van der Waals surface area contributed by atoms with Crippen LogP contribution in [0, 0.1) is 54.8 Å². The van der Waals surface area contributed by atoms with E-state index in [1.807, 2.05) is 45.0 Å². The van der Waals surface area contributed by atoms with Crippen molar-refractivity contribution in [3.05, 3.63) is 57.6 Å². The average molecular weight is 295 g/mol. The second-order valence-electron chi connectivity index (χ2n) is 5.68. The molecular formula is C20H13N3. The maximum Gasteiger partial charge on any atom is 0.102 e. The number of hydrogen-bond donors (Lipinski definition) is 0. The Hall–Kier alpha value is -3.35. The van der Waals surface area contributed by atoms with Gasteiger partial charge in [-0.05, 0) is 53.6 Å². The molecule has 0 radical (unpaired) electrons. The molecule has 3 aromatic rings. The molecule has 0 atom stereocenters. The van der Waals surface area contributed by atoms with Gasteiger partial charge in [0, 0.05) is 5.39 Å². The minimum atomic E-state index is 0.171. The lowest BCUT2D eigenvalue weighted by Crippen LogP contribution is -1.98. The topological polar surface area (TPSA) is 71.4 Å². The first-order valence-corrected chi connectivity index (χ1v) is 7.24. The van der Waals surface area contributed by atoms with Gasteiger partial charge in [-0.2, -0.15) is 15.8 Å². The van der Waals surface area contributed by atoms with Gasteiger partial charge >= 0.3 is 0 Å². The molecular weight excluding hydrogens is 282 g/mol. The van der Waals surface area contributed by atoms with E-state index in [2.05, 4.69) is 18.2 Å². The molecule has 0 N–H and O–H groups in total. The minimum Gasteiger partial charge on any atom is -0.192 e. The predicted octanol–water partition coefficient (Wildman–Crippen LogP) is 4.53. The van der Waals surface area contributed by atoms with Gasteiger partial charge in [0.25, 0.3) is 0 Å². The summed E-state index contributed by atoms with van der Waals surface area (Å²) in [4.78, 5) is 0. The average Bonchev–Trinajstić information content (AvgIpc) is 2.57. The van der Waals surface area contributed by atoms with Gasteiger partial charge in [0.1, 0.15) is 18.2 Å². The van der Waals surface area contributed by atoms with E-state index in [0.29, 0.717) is 5.56 Å². The van der Waals surface area contributed by atoms with Gasteiger partial charge in [-0.3, -0.25) is 0 Å². The van der Waals surface area contributed by atoms with Gasteiger partial charge in [-0.1, -0.05) is 24.3 Å². The van der Waals surface area contributed by atoms with Crippen LogP contribution in [0.5, 0.6) is 0 Å². The molecule has 3 rings (SSSR count). The normalized spacial score (nSPS) is 10.3. The third-order valence-electron chi connectivity index (χ3n) is 4.57. The van der Waals surface area contributed by atoms with Crippen molar-refractivity contribution in [1.29, 1.82) is 15.8 Å². The van der Waals surface area contributed by atoms with Gasteiger partial charge in [0.05, 0.1) is 16.7 Å². The van der Waals surface area contributed by atoms with E-state index in [-0.39, 0.29) is 11.1 Å². The van der Waals surface area contributed by atoms with Crippen LogP contribution in [0.1, 0.15) is 33.4 Å². The zero-order chi connectivity index (χ0) is 16.7. The van der Waals surface area contributed by atoms with Crippen LogP contribution in [0.4, 0.5) is 0 Å². The van der Waals surface area contributed by atoms with Gasteiger partial charge < -0.3 is 0 Å². The zero-order valence-electron chi connectivity index (χ0n) is 13.2. The molecule has 0 saturated carbocycles. The monoisotopic (exact) mass is 295 g/mol. The number of nitriles is 3. The van der Waals surface area contributed by atoms with Crippen LogP contribution in [0.3, 0.4) is 0 Å². The fourth-order valence-electron chi connectivity index (χ4n) is 3.24. The lowest BCUT2D eigenvalue weighted by Gasteiger charge is -2.15. The summed E-state index contributed by atoms with van der Waals surface area (Å²) in [6.45, 7) is 5.94. The lowest BCUT2D eigenvalue weighted by atomic mass is 9.86. The third-order valence-corrected chi connectivity index (χ3v) is 4.57. The Bertz CT molecular complexity index is 1120. The Morgan fingerprint density at radius 1 is 0.652 bits per heavy atom. The fourth-order valence-corrected chi connectivity index (χ4v) is 3.24. The molecule has 3 nitrogen and oxygen atoms in total. The van der Waals surface area contributed by atoms with Crippen LogP contribution in [0.15, 0.2) is 24.3 Å². The van der Waals surface area contributed by atoms with E-state index < -0.39 is 0 Å². The van der Waals surface area contributed by atoms with Crippen LogP contribution < -0.4 is 0 Å². The highest BCUT2D eigenvalue weighted by Crippen LogP contribution is 2.36. The van der Waals surface area contributed by atoms with Gasteiger partial charge in [-0.15, -0.1) is 0 Å². The minimum absolute atomic E-state index is 0.171. The highest BCUT2D eigenvalue weighted by molar-refractivity contribution is 6.13. The third kappa shape index (κ3) is 1.87. The Morgan fingerprint density at radius 2 is 1.26 bits per heavy atom. The molecule has 0 aliphatic carbocycles. The largest absolute Gasteiger partial charge is 0.192 e. The van der Waals surface area contributed by atoms with Crippen molar-refractivity contribution >= 4 is 21.5 Å². The number of fused-ring (bicyclic) bond motifs is 3. The van der Waals surface area contributed by atoms with Crippen molar-refractivity contribution in [2.24, 2.45) is 0 Å². The summed E-state index contributed by atoms with van der Waals surface area (Å²) in [6, 6.07) is 14.2. The lowest BCUT2D eigenvalue weighted by molar-refractivity contribution is 1.36. The highest BCUT2D eigenvalue weighted by atomic mass is 14.3. The Balaban J connectivity index is 2.77. The zero-order valence-corrected chi connectivity index (χ0v) is 13.2. The summed E-state index contributed by atoms with van der Waals surface area (Å²) < 4.78 is 0. The predicted molar refractivity (Wildman–Crippen MR) is 89.8 cm³/mol. The summed E-state index contributed by atoms with van der Waals surface area (Å²) in [7, 11) is 0. The van der Waals surface area contributed by atoms with E-state index in [0.717, 1.165) is 38.2 Å². The number of rotatable bonds is 0. The molecule has 0 aromatic heterocycles. The second-order valence-corrected chi connectivity index (χ2v) is 5.68. The quantitative estimate of drug-likeness (QED) is 0.572. The number of benzene rings is 3. The molecule has 3 aromatic carbocycles. The summed E-state index contributed by atoms with van der Waals surface area (Å²) in [5.41, 5.74) is 3.80. The molecule has 0 fully saturated rings. The van der Waals surface area contributed by atoms with Crippen molar-refractivity contribution < 1.29 is 0 Å². The van der Waals surface area contributed by atoms with E-state index in [1.54, 1.807) is 0 Å². The van der Waals surface area contributed by atoms with Crippen LogP contribution in [-0.4, -0.2) is 0 Å². The molecule has 0 amide bonds. The molecule has 0 aliphatic heterocycles. The highest BCUT2D eigenvalue weighted by Gasteiger charge is 2.19. The molecule has 0 unspecified atom stereocenters. The Morgan fingerprint density at radius 3 is 1.87 bits per heavy atom. The molecule has 3 heteroatoms. The summed E-state index contributed by atoms with van der Waals surface area (Å²) in [6.07, 6.45) is 0. The van der Waals surface area contributed by atoms with Gasteiger partial charge in [-0.25, -0.2) is 0 Å². The number of aryl methyl sites for hydroxylation is 3. The van der Waals surface area contributed by atoms with E-state index >= 15 is 0 Å². The summed E-state index contributed by atoms with van der Waals surface area (Å²) in [5.74, 6) is 0. The first-order chi connectivity index (χ1) is 11.0.